The lowest BCUT2D eigenvalue weighted by atomic mass is 9.92. The van der Waals surface area contributed by atoms with E-state index in [0.717, 1.165) is 5.56 Å². The van der Waals surface area contributed by atoms with E-state index >= 15 is 0 Å². The third kappa shape index (κ3) is 3.59. The Balaban J connectivity index is 3.08. The molecule has 0 unspecified atom stereocenters. The third-order valence-electron chi connectivity index (χ3n) is 2.18. The van der Waals surface area contributed by atoms with E-state index in [4.69, 9.17) is 5.73 Å². The maximum absolute atomic E-state index is 12.7. The summed E-state index contributed by atoms with van der Waals surface area (Å²) in [6, 6.07) is 4.98. The average Bonchev–Trinajstić information content (AvgIpc) is 1.99. The van der Waals surface area contributed by atoms with E-state index in [0.29, 0.717) is 12.0 Å². The fourth-order valence-electron chi connectivity index (χ4n) is 1.59. The van der Waals surface area contributed by atoms with Crippen LogP contribution < -0.4 is 5.73 Å². The molecule has 0 atom stereocenters. The van der Waals surface area contributed by atoms with Crippen molar-refractivity contribution in [2.75, 3.05) is 0 Å². The van der Waals surface area contributed by atoms with Gasteiger partial charge in [0.1, 0.15) is 0 Å². The van der Waals surface area contributed by atoms with Gasteiger partial charge in [-0.2, -0.15) is 0 Å². The lowest BCUT2D eigenvalue weighted by Gasteiger charge is -2.20. The molecular weight excluding hydrogens is 196 g/mol. The first-order valence-corrected chi connectivity index (χ1v) is 4.96. The van der Waals surface area contributed by atoms with Crippen molar-refractivity contribution in [3.63, 3.8) is 0 Å². The van der Waals surface area contributed by atoms with Gasteiger partial charge in [-0.25, -0.2) is 8.78 Å². The summed E-state index contributed by atoms with van der Waals surface area (Å²) in [6.45, 7) is 5.57. The van der Waals surface area contributed by atoms with Gasteiger partial charge in [0.15, 0.2) is 0 Å². The van der Waals surface area contributed by atoms with E-state index < -0.39 is 12.0 Å². The van der Waals surface area contributed by atoms with Crippen LogP contribution in [-0.2, 0) is 6.42 Å². The van der Waals surface area contributed by atoms with E-state index in [9.17, 15) is 8.78 Å². The minimum Gasteiger partial charge on any atom is -0.325 e. The summed E-state index contributed by atoms with van der Waals surface area (Å²) in [5.74, 6) is 0. The van der Waals surface area contributed by atoms with Gasteiger partial charge in [0, 0.05) is 11.1 Å². The molecular formula is C12H17F2N. The fraction of sp³-hybridized carbons (Fsp3) is 0.500. The normalized spacial score (nSPS) is 12.2. The maximum Gasteiger partial charge on any atom is 0.264 e. The first kappa shape index (κ1) is 12.1. The number of rotatable bonds is 3. The van der Waals surface area contributed by atoms with Gasteiger partial charge >= 0.3 is 0 Å². The molecule has 0 amide bonds. The SMILES string of the molecule is Cc1ccc(C(F)F)c(CC(C)(C)N)c1. The van der Waals surface area contributed by atoms with Crippen molar-refractivity contribution in [3.05, 3.63) is 34.9 Å². The van der Waals surface area contributed by atoms with Crippen LogP contribution in [0.15, 0.2) is 18.2 Å². The van der Waals surface area contributed by atoms with Crippen molar-refractivity contribution < 1.29 is 8.78 Å². The van der Waals surface area contributed by atoms with E-state index in [1.54, 1.807) is 12.1 Å². The summed E-state index contributed by atoms with van der Waals surface area (Å²) >= 11 is 0. The van der Waals surface area contributed by atoms with Crippen LogP contribution >= 0.6 is 0 Å². The van der Waals surface area contributed by atoms with E-state index in [2.05, 4.69) is 0 Å². The summed E-state index contributed by atoms with van der Waals surface area (Å²) in [5, 5.41) is 0. The van der Waals surface area contributed by atoms with Gasteiger partial charge in [-0.3, -0.25) is 0 Å². The van der Waals surface area contributed by atoms with Gasteiger partial charge in [0.2, 0.25) is 0 Å². The Kier molecular flexibility index (Phi) is 3.45. The summed E-state index contributed by atoms with van der Waals surface area (Å²) in [5.41, 5.74) is 7.11. The van der Waals surface area contributed by atoms with Crippen LogP contribution in [0, 0.1) is 6.92 Å². The Morgan fingerprint density at radius 3 is 2.40 bits per heavy atom. The van der Waals surface area contributed by atoms with E-state index in [1.165, 1.54) is 6.07 Å². The Hall–Kier alpha value is -0.960. The lowest BCUT2D eigenvalue weighted by Crippen LogP contribution is -2.34. The van der Waals surface area contributed by atoms with Gasteiger partial charge in [-0.1, -0.05) is 23.8 Å². The first-order chi connectivity index (χ1) is 6.79. The zero-order valence-corrected chi connectivity index (χ0v) is 9.35. The summed E-state index contributed by atoms with van der Waals surface area (Å²) in [4.78, 5) is 0. The Morgan fingerprint density at radius 2 is 1.93 bits per heavy atom. The molecule has 0 aliphatic heterocycles. The van der Waals surface area contributed by atoms with Crippen molar-refractivity contribution in [1.82, 2.24) is 0 Å². The number of aryl methyl sites for hydroxylation is 1. The second-order valence-electron chi connectivity index (χ2n) is 4.67. The molecule has 0 bridgehead atoms. The smallest absolute Gasteiger partial charge is 0.264 e. The molecule has 1 aromatic carbocycles. The number of nitrogens with two attached hydrogens (primary N) is 1. The van der Waals surface area contributed by atoms with E-state index in [-0.39, 0.29) is 5.56 Å². The Morgan fingerprint density at radius 1 is 1.33 bits per heavy atom. The highest BCUT2D eigenvalue weighted by Gasteiger charge is 2.18. The second-order valence-corrected chi connectivity index (χ2v) is 4.67. The standard InChI is InChI=1S/C12H17F2N/c1-8-4-5-10(11(13)14)9(6-8)7-12(2,3)15/h4-6,11H,7,15H2,1-3H3. The molecule has 1 nitrogen and oxygen atoms in total. The zero-order chi connectivity index (χ0) is 11.6. The number of alkyl halides is 2. The molecule has 0 spiro atoms. The van der Waals surface area contributed by atoms with Crippen LogP contribution in [0.5, 0.6) is 0 Å². The highest BCUT2D eigenvalue weighted by Crippen LogP contribution is 2.26. The number of benzene rings is 1. The molecule has 84 valence electrons. The van der Waals surface area contributed by atoms with Gasteiger partial charge in [0.25, 0.3) is 6.43 Å². The van der Waals surface area contributed by atoms with Gasteiger partial charge in [0.05, 0.1) is 0 Å². The molecule has 0 radical (unpaired) electrons. The maximum atomic E-state index is 12.7. The summed E-state index contributed by atoms with van der Waals surface area (Å²) in [7, 11) is 0. The molecule has 0 aliphatic rings. The fourth-order valence-corrected chi connectivity index (χ4v) is 1.59. The third-order valence-corrected chi connectivity index (χ3v) is 2.18. The molecule has 0 aromatic heterocycles. The molecule has 0 fully saturated rings. The van der Waals surface area contributed by atoms with Gasteiger partial charge in [-0.15, -0.1) is 0 Å². The van der Waals surface area contributed by atoms with Crippen molar-refractivity contribution in [2.45, 2.75) is 39.2 Å². The predicted molar refractivity (Wildman–Crippen MR) is 58.1 cm³/mol. The van der Waals surface area contributed by atoms with E-state index in [1.807, 2.05) is 20.8 Å². The van der Waals surface area contributed by atoms with Crippen molar-refractivity contribution in [1.29, 1.82) is 0 Å². The highest BCUT2D eigenvalue weighted by molar-refractivity contribution is 5.33. The lowest BCUT2D eigenvalue weighted by molar-refractivity contribution is 0.150. The molecule has 1 aromatic rings. The quantitative estimate of drug-likeness (QED) is 0.819. The molecule has 15 heavy (non-hydrogen) atoms. The van der Waals surface area contributed by atoms with Gasteiger partial charge in [-0.05, 0) is 32.8 Å². The van der Waals surface area contributed by atoms with Crippen LogP contribution in [0.3, 0.4) is 0 Å². The molecule has 0 heterocycles. The van der Waals surface area contributed by atoms with Crippen molar-refractivity contribution in [2.24, 2.45) is 5.73 Å². The predicted octanol–water partition coefficient (Wildman–Crippen LogP) is 3.21. The highest BCUT2D eigenvalue weighted by atomic mass is 19.3. The molecule has 1 rings (SSSR count). The Labute approximate surface area is 89.3 Å². The summed E-state index contributed by atoms with van der Waals surface area (Å²) in [6.07, 6.45) is -1.96. The van der Waals surface area contributed by atoms with Crippen LogP contribution in [0.25, 0.3) is 0 Å². The minimum absolute atomic E-state index is 0.0964. The molecule has 2 N–H and O–H groups in total. The molecule has 0 saturated heterocycles. The average molecular weight is 213 g/mol. The topological polar surface area (TPSA) is 26.0 Å². The molecule has 0 saturated carbocycles. The van der Waals surface area contributed by atoms with Crippen LogP contribution in [-0.4, -0.2) is 5.54 Å². The van der Waals surface area contributed by atoms with Gasteiger partial charge < -0.3 is 5.73 Å². The number of hydrogen-bond acceptors (Lipinski definition) is 1. The monoisotopic (exact) mass is 213 g/mol. The van der Waals surface area contributed by atoms with Crippen LogP contribution in [0.2, 0.25) is 0 Å². The van der Waals surface area contributed by atoms with Crippen molar-refractivity contribution >= 4 is 0 Å². The minimum atomic E-state index is -2.43. The van der Waals surface area contributed by atoms with Crippen LogP contribution in [0.4, 0.5) is 8.78 Å². The number of halogens is 2. The van der Waals surface area contributed by atoms with Crippen molar-refractivity contribution in [3.8, 4) is 0 Å². The summed E-state index contributed by atoms with van der Waals surface area (Å²) < 4.78 is 25.4. The Bertz CT molecular complexity index is 340. The molecule has 0 aliphatic carbocycles. The first-order valence-electron chi connectivity index (χ1n) is 4.96. The number of hydrogen-bond donors (Lipinski definition) is 1. The largest absolute Gasteiger partial charge is 0.325 e. The molecule has 3 heteroatoms. The zero-order valence-electron chi connectivity index (χ0n) is 9.35. The van der Waals surface area contributed by atoms with Crippen LogP contribution in [0.1, 0.15) is 37.0 Å². The second kappa shape index (κ2) is 4.27.